The van der Waals surface area contributed by atoms with Crippen molar-refractivity contribution in [3.8, 4) is 0 Å². The number of azide groups is 1. The van der Waals surface area contributed by atoms with E-state index in [4.69, 9.17) is 20.9 Å². The van der Waals surface area contributed by atoms with Gasteiger partial charge in [-0.15, -0.1) is 0 Å². The van der Waals surface area contributed by atoms with E-state index in [1.165, 1.54) is 0 Å². The number of hydrogen-bond acceptors (Lipinski definition) is 5. The number of aldehydes is 1. The van der Waals surface area contributed by atoms with Crippen LogP contribution in [0.5, 0.6) is 0 Å². The summed E-state index contributed by atoms with van der Waals surface area (Å²) in [5, 5.41) is 29.5. The SMILES string of the molecule is [N-]=[N+]=NC[C@@H](O)[C@H](O)[C@@H](O)C=O. The molecule has 0 spiro atoms. The van der Waals surface area contributed by atoms with Crippen molar-refractivity contribution in [2.24, 2.45) is 5.11 Å². The van der Waals surface area contributed by atoms with Crippen molar-refractivity contribution in [2.75, 3.05) is 6.54 Å². The van der Waals surface area contributed by atoms with Crippen LogP contribution in [0.3, 0.4) is 0 Å². The average Bonchev–Trinajstić information content (AvgIpc) is 2.11. The summed E-state index contributed by atoms with van der Waals surface area (Å²) in [7, 11) is 0. The van der Waals surface area contributed by atoms with E-state index < -0.39 is 18.3 Å². The maximum absolute atomic E-state index is 9.90. The first-order valence-electron chi connectivity index (χ1n) is 3.13. The van der Waals surface area contributed by atoms with Crippen molar-refractivity contribution in [3.63, 3.8) is 0 Å². The molecule has 0 heterocycles. The van der Waals surface area contributed by atoms with Crippen LogP contribution in [0, 0.1) is 0 Å². The van der Waals surface area contributed by atoms with Gasteiger partial charge in [-0.3, -0.25) is 0 Å². The molecule has 0 radical (unpaired) electrons. The molecule has 0 aliphatic heterocycles. The van der Waals surface area contributed by atoms with Crippen molar-refractivity contribution >= 4 is 6.29 Å². The first-order valence-corrected chi connectivity index (χ1v) is 3.13. The van der Waals surface area contributed by atoms with Crippen molar-refractivity contribution in [1.29, 1.82) is 0 Å². The van der Waals surface area contributed by atoms with Gasteiger partial charge in [-0.25, -0.2) is 0 Å². The van der Waals surface area contributed by atoms with Crippen LogP contribution >= 0.6 is 0 Å². The molecule has 3 atom stereocenters. The lowest BCUT2D eigenvalue weighted by Crippen LogP contribution is -2.39. The fourth-order valence-electron chi connectivity index (χ4n) is 0.536. The Labute approximate surface area is 67.9 Å². The summed E-state index contributed by atoms with van der Waals surface area (Å²) in [6.07, 6.45) is -4.62. The van der Waals surface area contributed by atoms with Crippen molar-refractivity contribution in [2.45, 2.75) is 18.3 Å². The van der Waals surface area contributed by atoms with E-state index >= 15 is 0 Å². The van der Waals surface area contributed by atoms with Crippen molar-refractivity contribution in [1.82, 2.24) is 0 Å². The topological polar surface area (TPSA) is 127 Å². The molecule has 0 aliphatic carbocycles. The monoisotopic (exact) mass is 175 g/mol. The quantitative estimate of drug-likeness (QED) is 0.205. The summed E-state index contributed by atoms with van der Waals surface area (Å²) in [4.78, 5) is 12.2. The normalized spacial score (nSPS) is 17.2. The molecule has 7 heteroatoms. The van der Waals surface area contributed by atoms with Gasteiger partial charge in [-0.2, -0.15) is 0 Å². The van der Waals surface area contributed by atoms with Gasteiger partial charge in [-0.1, -0.05) is 5.11 Å². The number of aliphatic hydroxyl groups excluding tert-OH is 3. The molecule has 3 N–H and O–H groups in total. The van der Waals surface area contributed by atoms with Gasteiger partial charge in [0.1, 0.15) is 12.2 Å². The Morgan fingerprint density at radius 2 is 2.08 bits per heavy atom. The molecule has 0 saturated carbocycles. The lowest BCUT2D eigenvalue weighted by Gasteiger charge is -2.16. The van der Waals surface area contributed by atoms with Crippen LogP contribution in [0.2, 0.25) is 0 Å². The molecule has 12 heavy (non-hydrogen) atoms. The summed E-state index contributed by atoms with van der Waals surface area (Å²) < 4.78 is 0. The fourth-order valence-corrected chi connectivity index (χ4v) is 0.536. The van der Waals surface area contributed by atoms with E-state index in [9.17, 15) is 4.79 Å². The molecule has 0 rings (SSSR count). The minimum atomic E-state index is -1.66. The summed E-state index contributed by atoms with van der Waals surface area (Å²) >= 11 is 0. The molecular formula is C5H9N3O4. The largest absolute Gasteiger partial charge is 0.390 e. The van der Waals surface area contributed by atoms with Gasteiger partial charge >= 0.3 is 0 Å². The Kier molecular flexibility index (Phi) is 4.98. The molecule has 0 aromatic carbocycles. The van der Waals surface area contributed by atoms with Gasteiger partial charge in [0.2, 0.25) is 0 Å². The minimum absolute atomic E-state index is 0.0873. The van der Waals surface area contributed by atoms with E-state index in [0.29, 0.717) is 0 Å². The minimum Gasteiger partial charge on any atom is -0.390 e. The lowest BCUT2D eigenvalue weighted by molar-refractivity contribution is -0.125. The van der Waals surface area contributed by atoms with E-state index in [2.05, 4.69) is 10.0 Å². The number of carbonyl (C=O) groups excluding carboxylic acids is 1. The first kappa shape index (κ1) is 10.9. The third-order valence-corrected chi connectivity index (χ3v) is 1.22. The Bertz CT molecular complexity index is 191. The average molecular weight is 175 g/mol. The van der Waals surface area contributed by atoms with Gasteiger partial charge in [0.05, 0.1) is 12.6 Å². The number of aliphatic hydroxyl groups is 3. The highest BCUT2D eigenvalue weighted by molar-refractivity contribution is 5.56. The Morgan fingerprint density at radius 1 is 1.50 bits per heavy atom. The van der Waals surface area contributed by atoms with Gasteiger partial charge < -0.3 is 20.1 Å². The van der Waals surface area contributed by atoms with Crippen LogP contribution in [-0.4, -0.2) is 46.5 Å². The zero-order valence-corrected chi connectivity index (χ0v) is 6.11. The molecule has 0 unspecified atom stereocenters. The lowest BCUT2D eigenvalue weighted by atomic mass is 10.1. The zero-order chi connectivity index (χ0) is 9.56. The van der Waals surface area contributed by atoms with Crippen molar-refractivity contribution < 1.29 is 20.1 Å². The predicted molar refractivity (Wildman–Crippen MR) is 38.1 cm³/mol. The molecule has 0 amide bonds. The second kappa shape index (κ2) is 5.50. The smallest absolute Gasteiger partial charge is 0.151 e. The van der Waals surface area contributed by atoms with Crippen LogP contribution < -0.4 is 0 Å². The van der Waals surface area contributed by atoms with Crippen LogP contribution in [0.25, 0.3) is 10.4 Å². The molecule has 0 aromatic rings. The summed E-state index contributed by atoms with van der Waals surface area (Å²) in [5.74, 6) is 0. The second-order valence-corrected chi connectivity index (χ2v) is 2.10. The van der Waals surface area contributed by atoms with Gasteiger partial charge in [0, 0.05) is 4.91 Å². The number of hydrogen-bond donors (Lipinski definition) is 3. The third kappa shape index (κ3) is 3.31. The van der Waals surface area contributed by atoms with Crippen LogP contribution in [0.4, 0.5) is 0 Å². The molecule has 0 bridgehead atoms. The first-order chi connectivity index (χ1) is 5.63. The Hall–Kier alpha value is -1.14. The predicted octanol–water partition coefficient (Wildman–Crippen LogP) is -1.42. The van der Waals surface area contributed by atoms with Crippen LogP contribution in [-0.2, 0) is 4.79 Å². The Balaban J connectivity index is 3.98. The number of nitrogens with zero attached hydrogens (tertiary/aromatic N) is 3. The van der Waals surface area contributed by atoms with E-state index in [1.807, 2.05) is 0 Å². The molecule has 68 valence electrons. The van der Waals surface area contributed by atoms with E-state index in [-0.39, 0.29) is 12.8 Å². The number of carbonyl (C=O) groups is 1. The second-order valence-electron chi connectivity index (χ2n) is 2.10. The molecule has 0 aromatic heterocycles. The highest BCUT2D eigenvalue weighted by Gasteiger charge is 2.23. The zero-order valence-electron chi connectivity index (χ0n) is 6.11. The summed E-state index contributed by atoms with van der Waals surface area (Å²) in [6, 6.07) is 0. The van der Waals surface area contributed by atoms with E-state index in [1.54, 1.807) is 0 Å². The van der Waals surface area contributed by atoms with Gasteiger partial charge in [0.25, 0.3) is 0 Å². The van der Waals surface area contributed by atoms with Gasteiger partial charge in [-0.05, 0) is 5.53 Å². The molecule has 0 fully saturated rings. The maximum atomic E-state index is 9.90. The number of rotatable bonds is 5. The highest BCUT2D eigenvalue weighted by Crippen LogP contribution is 1.98. The fraction of sp³-hybridized carbons (Fsp3) is 0.800. The van der Waals surface area contributed by atoms with Gasteiger partial charge in [0.15, 0.2) is 6.29 Å². The van der Waals surface area contributed by atoms with Crippen molar-refractivity contribution in [3.05, 3.63) is 10.4 Å². The summed E-state index contributed by atoms with van der Waals surface area (Å²) in [5.41, 5.74) is 7.83. The Morgan fingerprint density at radius 3 is 2.50 bits per heavy atom. The van der Waals surface area contributed by atoms with Crippen LogP contribution in [0.1, 0.15) is 0 Å². The summed E-state index contributed by atoms with van der Waals surface area (Å²) in [6.45, 7) is -0.386. The maximum Gasteiger partial charge on any atom is 0.151 e. The molecular weight excluding hydrogens is 166 g/mol. The molecule has 7 nitrogen and oxygen atoms in total. The van der Waals surface area contributed by atoms with Crippen LogP contribution in [0.15, 0.2) is 5.11 Å². The molecule has 0 aliphatic rings. The highest BCUT2D eigenvalue weighted by atomic mass is 16.4. The van der Waals surface area contributed by atoms with E-state index in [0.717, 1.165) is 0 Å². The standard InChI is InChI=1S/C5H9N3O4/c6-8-7-1-3(10)5(12)4(11)2-9/h2-5,10-12H,1H2/t3-,4+,5+/m1/s1. The third-order valence-electron chi connectivity index (χ3n) is 1.22. The molecule has 0 saturated heterocycles.